The number of carboxylic acid groups (broad SMARTS) is 1. The van der Waals surface area contributed by atoms with E-state index in [2.05, 4.69) is 0 Å². The molecule has 0 aromatic heterocycles. The van der Waals surface area contributed by atoms with Gasteiger partial charge in [-0.2, -0.15) is 0 Å². The van der Waals surface area contributed by atoms with E-state index in [0.717, 1.165) is 19.1 Å². The lowest BCUT2D eigenvalue weighted by Gasteiger charge is -2.00. The van der Waals surface area contributed by atoms with E-state index >= 15 is 0 Å². The summed E-state index contributed by atoms with van der Waals surface area (Å²) in [5.41, 5.74) is 0. The van der Waals surface area contributed by atoms with E-state index in [4.69, 9.17) is 5.11 Å². The van der Waals surface area contributed by atoms with Crippen molar-refractivity contribution >= 4 is 12.3 Å². The Morgan fingerprint density at radius 3 is 2.64 bits per heavy atom. The van der Waals surface area contributed by atoms with Crippen molar-refractivity contribution in [3.8, 4) is 0 Å². The maximum absolute atomic E-state index is 10.1. The highest BCUT2D eigenvalue weighted by Gasteiger charge is 2.00. The first-order chi connectivity index (χ1) is 5.16. The molecule has 1 N–H and O–H groups in total. The van der Waals surface area contributed by atoms with Crippen LogP contribution in [0.3, 0.4) is 0 Å². The summed E-state index contributed by atoms with van der Waals surface area (Å²) in [4.78, 5) is 20.2. The monoisotopic (exact) mass is 158 g/mol. The fourth-order valence-corrected chi connectivity index (χ4v) is 0.811. The Balaban J connectivity index is 3.14. The van der Waals surface area contributed by atoms with Gasteiger partial charge in [-0.3, -0.25) is 4.79 Å². The van der Waals surface area contributed by atoms with Gasteiger partial charge in [0.2, 0.25) is 0 Å². The number of aldehydes is 1. The van der Waals surface area contributed by atoms with Crippen molar-refractivity contribution in [1.29, 1.82) is 0 Å². The number of carboxylic acids is 1. The van der Waals surface area contributed by atoms with E-state index in [0.29, 0.717) is 6.42 Å². The molecule has 0 aromatic carbocycles. The molecule has 3 heteroatoms. The van der Waals surface area contributed by atoms with Gasteiger partial charge in [0.05, 0.1) is 0 Å². The topological polar surface area (TPSA) is 54.4 Å². The number of rotatable bonds is 6. The van der Waals surface area contributed by atoms with Crippen LogP contribution in [0.25, 0.3) is 0 Å². The summed E-state index contributed by atoms with van der Waals surface area (Å²) in [6.45, 7) is 1.84. The Hall–Kier alpha value is -0.860. The number of carbonyl (C=O) groups is 2. The van der Waals surface area contributed by atoms with Crippen LogP contribution >= 0.6 is 0 Å². The van der Waals surface area contributed by atoms with Gasteiger partial charge in [-0.05, 0) is 12.8 Å². The molecule has 64 valence electrons. The van der Waals surface area contributed by atoms with Crippen LogP contribution in [-0.4, -0.2) is 17.4 Å². The molecule has 0 saturated heterocycles. The van der Waals surface area contributed by atoms with Crippen LogP contribution in [0.4, 0.5) is 0 Å². The predicted molar refractivity (Wildman–Crippen MR) is 41.3 cm³/mol. The molecule has 0 radical (unpaired) electrons. The van der Waals surface area contributed by atoms with Gasteiger partial charge in [0.15, 0.2) is 0 Å². The summed E-state index contributed by atoms with van der Waals surface area (Å²) in [5, 5.41) is 8.27. The quantitative estimate of drug-likeness (QED) is 0.470. The molecule has 1 atom stereocenters. The zero-order chi connectivity index (χ0) is 8.69. The van der Waals surface area contributed by atoms with E-state index < -0.39 is 5.97 Å². The third-order valence-corrected chi connectivity index (χ3v) is 1.53. The Bertz CT molecular complexity index is 131. The fourth-order valence-electron chi connectivity index (χ4n) is 0.811. The van der Waals surface area contributed by atoms with Crippen LogP contribution in [0.15, 0.2) is 0 Å². The van der Waals surface area contributed by atoms with E-state index in [9.17, 15) is 9.59 Å². The van der Waals surface area contributed by atoms with Crippen LogP contribution in [0.1, 0.15) is 32.6 Å². The maximum atomic E-state index is 10.1. The lowest BCUT2D eigenvalue weighted by Crippen LogP contribution is -1.97. The molecule has 0 saturated carbocycles. The number of aliphatic carboxylic acids is 1. The standard InChI is InChI=1S/C8H14O3/c1-7(6-9)4-2-3-5-8(10)11/h6-7H,2-5H2,1H3,(H,10,11). The molecule has 0 aliphatic carbocycles. The number of unbranched alkanes of at least 4 members (excludes halogenated alkanes) is 1. The van der Waals surface area contributed by atoms with Crippen LogP contribution in [0.2, 0.25) is 0 Å². The molecule has 11 heavy (non-hydrogen) atoms. The van der Waals surface area contributed by atoms with Crippen molar-refractivity contribution < 1.29 is 14.7 Å². The van der Waals surface area contributed by atoms with Gasteiger partial charge < -0.3 is 9.90 Å². The van der Waals surface area contributed by atoms with Crippen molar-refractivity contribution in [3.05, 3.63) is 0 Å². The minimum Gasteiger partial charge on any atom is -0.481 e. The van der Waals surface area contributed by atoms with Crippen molar-refractivity contribution in [3.63, 3.8) is 0 Å². The largest absolute Gasteiger partial charge is 0.481 e. The van der Waals surface area contributed by atoms with Gasteiger partial charge in [0.25, 0.3) is 0 Å². The summed E-state index contributed by atoms with van der Waals surface area (Å²) >= 11 is 0. The van der Waals surface area contributed by atoms with Crippen molar-refractivity contribution in [2.75, 3.05) is 0 Å². The van der Waals surface area contributed by atoms with Gasteiger partial charge >= 0.3 is 5.97 Å². The zero-order valence-electron chi connectivity index (χ0n) is 6.75. The predicted octanol–water partition coefficient (Wildman–Crippen LogP) is 1.47. The summed E-state index contributed by atoms with van der Waals surface area (Å²) in [6.07, 6.45) is 3.42. The highest BCUT2D eigenvalue weighted by Crippen LogP contribution is 2.06. The van der Waals surface area contributed by atoms with Gasteiger partial charge in [-0.15, -0.1) is 0 Å². The van der Waals surface area contributed by atoms with E-state index in [1.54, 1.807) is 0 Å². The van der Waals surface area contributed by atoms with Crippen LogP contribution in [0, 0.1) is 5.92 Å². The Morgan fingerprint density at radius 1 is 1.55 bits per heavy atom. The van der Waals surface area contributed by atoms with E-state index in [-0.39, 0.29) is 12.3 Å². The third-order valence-electron chi connectivity index (χ3n) is 1.53. The van der Waals surface area contributed by atoms with E-state index in [1.165, 1.54) is 0 Å². The molecule has 0 aromatic rings. The van der Waals surface area contributed by atoms with Crippen molar-refractivity contribution in [2.24, 2.45) is 5.92 Å². The third kappa shape index (κ3) is 7.03. The number of hydrogen-bond acceptors (Lipinski definition) is 2. The SMILES string of the molecule is CC(C=O)CCCCC(=O)O. The lowest BCUT2D eigenvalue weighted by molar-refractivity contribution is -0.137. The normalized spacial score (nSPS) is 12.5. The molecular weight excluding hydrogens is 144 g/mol. The molecule has 0 fully saturated rings. The van der Waals surface area contributed by atoms with Gasteiger partial charge in [0, 0.05) is 12.3 Å². The molecule has 0 rings (SSSR count). The first kappa shape index (κ1) is 10.1. The Morgan fingerprint density at radius 2 is 2.18 bits per heavy atom. The molecule has 1 unspecified atom stereocenters. The first-order valence-electron chi connectivity index (χ1n) is 3.84. The highest BCUT2D eigenvalue weighted by molar-refractivity contribution is 5.66. The minimum absolute atomic E-state index is 0.0730. The van der Waals surface area contributed by atoms with Crippen molar-refractivity contribution in [2.45, 2.75) is 32.6 Å². The summed E-state index contributed by atoms with van der Waals surface area (Å²) < 4.78 is 0. The Kier molecular flexibility index (Phi) is 5.43. The average molecular weight is 158 g/mol. The molecule has 0 aliphatic rings. The van der Waals surface area contributed by atoms with E-state index in [1.807, 2.05) is 6.92 Å². The molecule has 0 spiro atoms. The second-order valence-corrected chi connectivity index (χ2v) is 2.75. The summed E-state index contributed by atoms with van der Waals surface area (Å²) in [6, 6.07) is 0. The van der Waals surface area contributed by atoms with Crippen molar-refractivity contribution in [1.82, 2.24) is 0 Å². The van der Waals surface area contributed by atoms with Crippen LogP contribution in [0.5, 0.6) is 0 Å². The minimum atomic E-state index is -0.760. The number of hydrogen-bond donors (Lipinski definition) is 1. The fraction of sp³-hybridized carbons (Fsp3) is 0.750. The maximum Gasteiger partial charge on any atom is 0.303 e. The van der Waals surface area contributed by atoms with Crippen LogP contribution in [-0.2, 0) is 9.59 Å². The second kappa shape index (κ2) is 5.89. The molecule has 3 nitrogen and oxygen atoms in total. The van der Waals surface area contributed by atoms with Gasteiger partial charge in [0.1, 0.15) is 6.29 Å². The average Bonchev–Trinajstić information content (AvgIpc) is 1.97. The molecular formula is C8H14O3. The second-order valence-electron chi connectivity index (χ2n) is 2.75. The first-order valence-corrected chi connectivity index (χ1v) is 3.84. The number of carbonyl (C=O) groups excluding carboxylic acids is 1. The molecule has 0 heterocycles. The van der Waals surface area contributed by atoms with Gasteiger partial charge in [-0.1, -0.05) is 13.3 Å². The zero-order valence-corrected chi connectivity index (χ0v) is 6.75. The molecule has 0 bridgehead atoms. The molecule has 0 aliphatic heterocycles. The molecule has 0 amide bonds. The lowest BCUT2D eigenvalue weighted by atomic mass is 10.1. The highest BCUT2D eigenvalue weighted by atomic mass is 16.4. The smallest absolute Gasteiger partial charge is 0.303 e. The van der Waals surface area contributed by atoms with Gasteiger partial charge in [-0.25, -0.2) is 0 Å². The summed E-state index contributed by atoms with van der Waals surface area (Å²) in [5.74, 6) is -0.687. The van der Waals surface area contributed by atoms with Crippen LogP contribution < -0.4 is 0 Å². The summed E-state index contributed by atoms with van der Waals surface area (Å²) in [7, 11) is 0. The Labute approximate surface area is 66.4 Å².